The highest BCUT2D eigenvalue weighted by Crippen LogP contribution is 2.26. The van der Waals surface area contributed by atoms with E-state index in [0.29, 0.717) is 5.56 Å². The summed E-state index contributed by atoms with van der Waals surface area (Å²) in [5.74, 6) is -0.479. The van der Waals surface area contributed by atoms with E-state index in [1.54, 1.807) is 12.1 Å². The number of benzene rings is 1. The molecule has 0 aromatic heterocycles. The normalized spacial score (nSPS) is 11.3. The highest BCUT2D eigenvalue weighted by atomic mass is 35.6. The maximum atomic E-state index is 11.7. The van der Waals surface area contributed by atoms with Crippen molar-refractivity contribution in [1.29, 1.82) is 0 Å². The molecule has 1 aromatic rings. The largest absolute Gasteiger partial charge is 0.458 e. The molecule has 0 radical (unpaired) electrons. The number of aryl methyl sites for hydroxylation is 1. The van der Waals surface area contributed by atoms with Crippen LogP contribution in [0.25, 0.3) is 0 Å². The van der Waals surface area contributed by atoms with E-state index in [9.17, 15) is 4.79 Å². The van der Waals surface area contributed by atoms with Gasteiger partial charge in [-0.3, -0.25) is 0 Å². The summed E-state index contributed by atoms with van der Waals surface area (Å²) in [5, 5.41) is 0. The molecule has 0 bridgehead atoms. The van der Waals surface area contributed by atoms with Crippen LogP contribution in [0.5, 0.6) is 0 Å². The lowest BCUT2D eigenvalue weighted by atomic mass is 10.0. The van der Waals surface area contributed by atoms with Crippen molar-refractivity contribution in [1.82, 2.24) is 0 Å². The third-order valence-corrected chi connectivity index (χ3v) is 2.52. The van der Waals surface area contributed by atoms with Gasteiger partial charge < -0.3 is 4.74 Å². The average Bonchev–Trinajstić information content (AvgIpc) is 2.17. The van der Waals surface area contributed by atoms with Crippen LogP contribution < -0.4 is 0 Å². The van der Waals surface area contributed by atoms with Gasteiger partial charge in [-0.25, -0.2) is 4.79 Å². The lowest BCUT2D eigenvalue weighted by Gasteiger charge is -2.12. The number of halogens is 3. The first-order valence-electron chi connectivity index (χ1n) is 4.61. The monoisotopic (exact) mass is 280 g/mol. The molecular formula is C11H11Cl3O2. The van der Waals surface area contributed by atoms with Crippen LogP contribution in [-0.4, -0.2) is 16.4 Å². The molecule has 0 aliphatic rings. The fourth-order valence-electron chi connectivity index (χ4n) is 1.20. The first kappa shape index (κ1) is 13.6. The van der Waals surface area contributed by atoms with Gasteiger partial charge in [0.05, 0.1) is 5.56 Å². The molecule has 1 rings (SSSR count). The maximum Gasteiger partial charge on any atom is 0.338 e. The Labute approximate surface area is 109 Å². The fourth-order valence-corrected chi connectivity index (χ4v) is 1.36. The molecule has 0 unspecified atom stereocenters. The molecular weight excluding hydrogens is 270 g/mol. The third-order valence-electron chi connectivity index (χ3n) is 2.19. The Bertz CT molecular complexity index is 397. The number of carbonyl (C=O) groups is 1. The lowest BCUT2D eigenvalue weighted by Crippen LogP contribution is -2.18. The van der Waals surface area contributed by atoms with Gasteiger partial charge in [0.15, 0.2) is 0 Å². The van der Waals surface area contributed by atoms with Crippen molar-refractivity contribution in [2.75, 3.05) is 6.61 Å². The van der Waals surface area contributed by atoms with Gasteiger partial charge in [0.1, 0.15) is 6.61 Å². The van der Waals surface area contributed by atoms with E-state index in [1.165, 1.54) is 0 Å². The molecule has 0 saturated heterocycles. The minimum atomic E-state index is -1.58. The molecule has 0 N–H and O–H groups in total. The first-order chi connectivity index (χ1) is 7.31. The van der Waals surface area contributed by atoms with Crippen molar-refractivity contribution in [3.63, 3.8) is 0 Å². The topological polar surface area (TPSA) is 26.3 Å². The number of rotatable bonds is 2. The molecule has 0 fully saturated rings. The Hall–Kier alpha value is -0.440. The standard InChI is InChI=1S/C11H11Cl3O2/c1-7-4-3-5-9(8(7)2)10(15)16-6-11(12,13)14/h3-5H,6H2,1-2H3. The first-order valence-corrected chi connectivity index (χ1v) is 5.75. The molecule has 88 valence electrons. The zero-order valence-electron chi connectivity index (χ0n) is 8.89. The minimum Gasteiger partial charge on any atom is -0.458 e. The Morgan fingerprint density at radius 3 is 2.50 bits per heavy atom. The second-order valence-corrected chi connectivity index (χ2v) is 5.95. The van der Waals surface area contributed by atoms with Crippen LogP contribution in [0.2, 0.25) is 0 Å². The highest BCUT2D eigenvalue weighted by Gasteiger charge is 2.23. The zero-order chi connectivity index (χ0) is 12.3. The number of alkyl halides is 3. The lowest BCUT2D eigenvalue weighted by molar-refractivity contribution is 0.0511. The summed E-state index contributed by atoms with van der Waals surface area (Å²) in [7, 11) is 0. The molecule has 2 nitrogen and oxygen atoms in total. The fraction of sp³-hybridized carbons (Fsp3) is 0.364. The molecule has 0 amide bonds. The summed E-state index contributed by atoms with van der Waals surface area (Å²) in [6.45, 7) is 3.51. The number of carbonyl (C=O) groups excluding carboxylic acids is 1. The Morgan fingerprint density at radius 1 is 1.31 bits per heavy atom. The molecule has 0 heterocycles. The maximum absolute atomic E-state index is 11.7. The second-order valence-electron chi connectivity index (χ2n) is 3.44. The summed E-state index contributed by atoms with van der Waals surface area (Å²) in [4.78, 5) is 11.7. The van der Waals surface area contributed by atoms with Gasteiger partial charge >= 0.3 is 5.97 Å². The summed E-state index contributed by atoms with van der Waals surface area (Å²) in [6, 6.07) is 5.39. The van der Waals surface area contributed by atoms with Crippen LogP contribution in [0.15, 0.2) is 18.2 Å². The van der Waals surface area contributed by atoms with Gasteiger partial charge in [0.25, 0.3) is 0 Å². The van der Waals surface area contributed by atoms with E-state index < -0.39 is 9.76 Å². The van der Waals surface area contributed by atoms with Crippen LogP contribution in [0, 0.1) is 13.8 Å². The smallest absolute Gasteiger partial charge is 0.338 e. The SMILES string of the molecule is Cc1cccc(C(=O)OCC(Cl)(Cl)Cl)c1C. The summed E-state index contributed by atoms with van der Waals surface area (Å²) in [5.41, 5.74) is 2.38. The van der Waals surface area contributed by atoms with Gasteiger partial charge in [-0.1, -0.05) is 46.9 Å². The van der Waals surface area contributed by atoms with Gasteiger partial charge in [-0.05, 0) is 31.0 Å². The van der Waals surface area contributed by atoms with Gasteiger partial charge in [0, 0.05) is 0 Å². The van der Waals surface area contributed by atoms with Crippen molar-refractivity contribution in [2.45, 2.75) is 17.6 Å². The van der Waals surface area contributed by atoms with E-state index in [0.717, 1.165) is 11.1 Å². The number of hydrogen-bond acceptors (Lipinski definition) is 2. The quantitative estimate of drug-likeness (QED) is 0.608. The molecule has 0 saturated carbocycles. The van der Waals surface area contributed by atoms with Gasteiger partial charge in [0.2, 0.25) is 3.79 Å². The van der Waals surface area contributed by atoms with E-state index in [-0.39, 0.29) is 6.61 Å². The van der Waals surface area contributed by atoms with E-state index in [2.05, 4.69) is 0 Å². The highest BCUT2D eigenvalue weighted by molar-refractivity contribution is 6.67. The predicted molar refractivity (Wildman–Crippen MR) is 66.5 cm³/mol. The molecule has 0 aliphatic carbocycles. The summed E-state index contributed by atoms with van der Waals surface area (Å²) < 4.78 is 3.32. The van der Waals surface area contributed by atoms with Crippen molar-refractivity contribution in [3.8, 4) is 0 Å². The Kier molecular flexibility index (Phi) is 4.48. The zero-order valence-corrected chi connectivity index (χ0v) is 11.2. The molecule has 5 heteroatoms. The molecule has 0 spiro atoms. The number of ether oxygens (including phenoxy) is 1. The van der Waals surface area contributed by atoms with Crippen LogP contribution in [-0.2, 0) is 4.74 Å². The summed E-state index contributed by atoms with van der Waals surface area (Å²) >= 11 is 16.5. The van der Waals surface area contributed by atoms with Crippen molar-refractivity contribution >= 4 is 40.8 Å². The molecule has 0 aliphatic heterocycles. The number of esters is 1. The second kappa shape index (κ2) is 5.26. The minimum absolute atomic E-state index is 0.260. The summed E-state index contributed by atoms with van der Waals surface area (Å²) in [6.07, 6.45) is 0. The Morgan fingerprint density at radius 2 is 1.94 bits per heavy atom. The van der Waals surface area contributed by atoms with Crippen LogP contribution in [0.4, 0.5) is 0 Å². The van der Waals surface area contributed by atoms with Crippen LogP contribution in [0.3, 0.4) is 0 Å². The van der Waals surface area contributed by atoms with Crippen LogP contribution in [0.1, 0.15) is 21.5 Å². The third kappa shape index (κ3) is 3.85. The number of hydrogen-bond donors (Lipinski definition) is 0. The molecule has 16 heavy (non-hydrogen) atoms. The van der Waals surface area contributed by atoms with E-state index in [4.69, 9.17) is 39.5 Å². The van der Waals surface area contributed by atoms with E-state index in [1.807, 2.05) is 19.9 Å². The van der Waals surface area contributed by atoms with Crippen LogP contribution >= 0.6 is 34.8 Å². The van der Waals surface area contributed by atoms with E-state index >= 15 is 0 Å². The molecule has 0 atom stereocenters. The van der Waals surface area contributed by atoms with Gasteiger partial charge in [-0.15, -0.1) is 0 Å². The van der Waals surface area contributed by atoms with Crippen molar-refractivity contribution < 1.29 is 9.53 Å². The van der Waals surface area contributed by atoms with Gasteiger partial charge in [-0.2, -0.15) is 0 Å². The van der Waals surface area contributed by atoms with Crippen molar-refractivity contribution in [2.24, 2.45) is 0 Å². The average molecular weight is 282 g/mol. The molecule has 1 aromatic carbocycles. The van der Waals surface area contributed by atoms with Crippen molar-refractivity contribution in [3.05, 3.63) is 34.9 Å². The predicted octanol–water partition coefficient (Wildman–Crippen LogP) is 3.83. The Balaban J connectivity index is 2.78.